The Hall–Kier alpha value is -6.96. The van der Waals surface area contributed by atoms with Gasteiger partial charge in [0.15, 0.2) is 17.5 Å². The minimum absolute atomic E-state index is 0.642. The van der Waals surface area contributed by atoms with E-state index in [0.29, 0.717) is 17.5 Å². The fraction of sp³-hybridized carbons (Fsp3) is 0.0417. The third kappa shape index (κ3) is 5.85. The van der Waals surface area contributed by atoms with Gasteiger partial charge in [-0.15, -0.1) is 0 Å². The molecule has 0 amide bonds. The Labute approximate surface area is 302 Å². The van der Waals surface area contributed by atoms with Gasteiger partial charge in [-0.1, -0.05) is 158 Å². The molecule has 1 aromatic heterocycles. The monoisotopic (exact) mass is 664 g/mol. The molecule has 0 atom stereocenters. The van der Waals surface area contributed by atoms with Crippen LogP contribution in [0.5, 0.6) is 0 Å². The smallest absolute Gasteiger partial charge is 0.164 e. The molecule has 0 unspecified atom stereocenters. The zero-order valence-electron chi connectivity index (χ0n) is 28.4. The summed E-state index contributed by atoms with van der Waals surface area (Å²) >= 11 is 0. The van der Waals surface area contributed by atoms with Gasteiger partial charge in [-0.25, -0.2) is 15.0 Å². The van der Waals surface area contributed by atoms with E-state index < -0.39 is 0 Å². The quantitative estimate of drug-likeness (QED) is 0.177. The summed E-state index contributed by atoms with van der Waals surface area (Å²) in [6.45, 7) is 0. The molecule has 52 heavy (non-hydrogen) atoms. The maximum Gasteiger partial charge on any atom is 0.164 e. The van der Waals surface area contributed by atoms with Crippen LogP contribution in [0.15, 0.2) is 175 Å². The van der Waals surface area contributed by atoms with Crippen LogP contribution in [-0.2, 0) is 0 Å². The summed E-state index contributed by atoms with van der Waals surface area (Å²) < 4.78 is 0. The maximum absolute atomic E-state index is 9.32. The molecule has 244 valence electrons. The van der Waals surface area contributed by atoms with Crippen molar-refractivity contribution in [3.63, 3.8) is 0 Å². The van der Waals surface area contributed by atoms with Crippen LogP contribution >= 0.6 is 0 Å². The predicted molar refractivity (Wildman–Crippen MR) is 213 cm³/mol. The van der Waals surface area contributed by atoms with Gasteiger partial charge in [0.25, 0.3) is 0 Å². The third-order valence-corrected chi connectivity index (χ3v) is 9.91. The van der Waals surface area contributed by atoms with Crippen molar-refractivity contribution in [3.8, 4) is 62.5 Å². The second-order valence-corrected chi connectivity index (χ2v) is 13.1. The Kier molecular flexibility index (Phi) is 8.00. The molecule has 4 heteroatoms. The SMILES string of the molecule is N#CC1=CC=C(c2ccc(-c3ccc4c(-c5ccc(-c6nc(-c7ccccc7)nc(-c7ccccc7)n6)cc5)cccc4c3)c3ccccc23)CC1. The Morgan fingerprint density at radius 2 is 0.942 bits per heavy atom. The van der Waals surface area contributed by atoms with Crippen molar-refractivity contribution in [2.45, 2.75) is 12.8 Å². The van der Waals surface area contributed by atoms with Crippen LogP contribution in [-0.4, -0.2) is 15.0 Å². The second-order valence-electron chi connectivity index (χ2n) is 13.1. The summed E-state index contributed by atoms with van der Waals surface area (Å²) in [7, 11) is 0. The summed E-state index contributed by atoms with van der Waals surface area (Å²) in [5.41, 5.74) is 10.9. The number of allylic oxidation sites excluding steroid dienone is 4. The summed E-state index contributed by atoms with van der Waals surface area (Å²) in [5, 5.41) is 14.2. The summed E-state index contributed by atoms with van der Waals surface area (Å²) in [5.74, 6) is 1.94. The Bertz CT molecular complexity index is 2660. The molecular formula is C48H32N4. The van der Waals surface area contributed by atoms with Crippen LogP contribution in [0.3, 0.4) is 0 Å². The van der Waals surface area contributed by atoms with E-state index in [2.05, 4.69) is 109 Å². The van der Waals surface area contributed by atoms with Crippen LogP contribution in [0, 0.1) is 11.3 Å². The molecule has 0 aliphatic heterocycles. The molecule has 0 fully saturated rings. The summed E-state index contributed by atoms with van der Waals surface area (Å²) in [6, 6.07) is 57.4. The first-order valence-electron chi connectivity index (χ1n) is 17.5. The highest BCUT2D eigenvalue weighted by Crippen LogP contribution is 2.39. The molecular weight excluding hydrogens is 633 g/mol. The third-order valence-electron chi connectivity index (χ3n) is 9.91. The summed E-state index contributed by atoms with van der Waals surface area (Å²) in [6.07, 6.45) is 5.74. The number of nitriles is 1. The van der Waals surface area contributed by atoms with Crippen molar-refractivity contribution in [3.05, 3.63) is 181 Å². The molecule has 0 radical (unpaired) electrons. The Morgan fingerprint density at radius 1 is 0.404 bits per heavy atom. The van der Waals surface area contributed by atoms with Crippen LogP contribution in [0.2, 0.25) is 0 Å². The minimum Gasteiger partial charge on any atom is -0.208 e. The zero-order chi connectivity index (χ0) is 34.9. The first-order valence-corrected chi connectivity index (χ1v) is 17.5. The van der Waals surface area contributed by atoms with Crippen LogP contribution < -0.4 is 0 Å². The summed E-state index contributed by atoms with van der Waals surface area (Å²) in [4.78, 5) is 14.7. The molecule has 1 aliphatic rings. The highest BCUT2D eigenvalue weighted by Gasteiger charge is 2.16. The van der Waals surface area contributed by atoms with Gasteiger partial charge < -0.3 is 0 Å². The van der Waals surface area contributed by atoms with Crippen LogP contribution in [0.4, 0.5) is 0 Å². The zero-order valence-corrected chi connectivity index (χ0v) is 28.4. The second kappa shape index (κ2) is 13.4. The number of hydrogen-bond donors (Lipinski definition) is 0. The molecule has 0 saturated heterocycles. The van der Waals surface area contributed by atoms with Crippen molar-refractivity contribution in [1.29, 1.82) is 5.26 Å². The molecule has 9 rings (SSSR count). The van der Waals surface area contributed by atoms with E-state index in [1.165, 1.54) is 49.4 Å². The van der Waals surface area contributed by atoms with Gasteiger partial charge >= 0.3 is 0 Å². The Balaban J connectivity index is 1.07. The molecule has 4 nitrogen and oxygen atoms in total. The molecule has 0 spiro atoms. The van der Waals surface area contributed by atoms with E-state index in [9.17, 15) is 5.26 Å². The number of nitrogens with zero attached hydrogens (tertiary/aromatic N) is 4. The molecule has 8 aromatic rings. The first-order chi connectivity index (χ1) is 25.7. The first kappa shape index (κ1) is 31.1. The number of aromatic nitrogens is 3. The highest BCUT2D eigenvalue weighted by atomic mass is 15.0. The van der Waals surface area contributed by atoms with Crippen molar-refractivity contribution in [2.75, 3.05) is 0 Å². The lowest BCUT2D eigenvalue weighted by Crippen LogP contribution is -2.00. The van der Waals surface area contributed by atoms with Crippen LogP contribution in [0.1, 0.15) is 18.4 Å². The van der Waals surface area contributed by atoms with E-state index in [1.54, 1.807) is 0 Å². The van der Waals surface area contributed by atoms with Crippen molar-refractivity contribution in [1.82, 2.24) is 15.0 Å². The fourth-order valence-electron chi connectivity index (χ4n) is 7.23. The minimum atomic E-state index is 0.642. The average molecular weight is 665 g/mol. The van der Waals surface area contributed by atoms with Gasteiger partial charge in [0.05, 0.1) is 6.07 Å². The number of fused-ring (bicyclic) bond motifs is 2. The van der Waals surface area contributed by atoms with E-state index in [-0.39, 0.29) is 0 Å². The lowest BCUT2D eigenvalue weighted by atomic mass is 9.87. The van der Waals surface area contributed by atoms with Crippen molar-refractivity contribution >= 4 is 27.1 Å². The lowest BCUT2D eigenvalue weighted by Gasteiger charge is -2.17. The van der Waals surface area contributed by atoms with E-state index in [1.807, 2.05) is 66.7 Å². The molecule has 7 aromatic carbocycles. The topological polar surface area (TPSA) is 62.5 Å². The van der Waals surface area contributed by atoms with Crippen molar-refractivity contribution in [2.24, 2.45) is 0 Å². The highest BCUT2D eigenvalue weighted by molar-refractivity contribution is 6.05. The maximum atomic E-state index is 9.32. The normalized spacial score (nSPS) is 12.7. The molecule has 0 bridgehead atoms. The van der Waals surface area contributed by atoms with Gasteiger partial charge in [-0.05, 0) is 79.9 Å². The van der Waals surface area contributed by atoms with Gasteiger partial charge in [-0.2, -0.15) is 5.26 Å². The largest absolute Gasteiger partial charge is 0.208 e. The number of hydrogen-bond acceptors (Lipinski definition) is 4. The van der Waals surface area contributed by atoms with E-state index >= 15 is 0 Å². The standard InChI is InChI=1S/C48H32N4/c49-31-32-18-20-33(21-19-32)41-28-29-43(45-16-8-7-15-44(41)45)39-26-27-42-38(30-39)14-9-17-40(42)34-22-24-37(25-23-34)48-51-46(35-10-3-1-4-11-35)50-47(52-48)36-12-5-2-6-13-36/h1-18,20,22-30H,19,21H2. The Morgan fingerprint density at radius 3 is 1.56 bits per heavy atom. The fourth-order valence-corrected chi connectivity index (χ4v) is 7.23. The van der Waals surface area contributed by atoms with Gasteiger partial charge in [0.1, 0.15) is 0 Å². The predicted octanol–water partition coefficient (Wildman–Crippen LogP) is 12.1. The van der Waals surface area contributed by atoms with Gasteiger partial charge in [0.2, 0.25) is 0 Å². The molecule has 1 aliphatic carbocycles. The van der Waals surface area contributed by atoms with Gasteiger partial charge in [-0.3, -0.25) is 0 Å². The number of rotatable bonds is 6. The van der Waals surface area contributed by atoms with Crippen molar-refractivity contribution < 1.29 is 0 Å². The molecule has 0 saturated carbocycles. The lowest BCUT2D eigenvalue weighted by molar-refractivity contribution is 1.01. The number of benzene rings is 7. The van der Waals surface area contributed by atoms with Gasteiger partial charge in [0, 0.05) is 22.3 Å². The average Bonchev–Trinajstić information content (AvgIpc) is 3.23. The van der Waals surface area contributed by atoms with Crippen LogP contribution in [0.25, 0.3) is 83.5 Å². The van der Waals surface area contributed by atoms with E-state index in [4.69, 9.17) is 15.0 Å². The van der Waals surface area contributed by atoms with E-state index in [0.717, 1.165) is 40.7 Å². The molecule has 1 heterocycles. The molecule has 0 N–H and O–H groups in total.